The Labute approximate surface area is 229 Å². The van der Waals surface area contributed by atoms with Gasteiger partial charge in [-0.25, -0.2) is 17.7 Å². The molecule has 0 unspecified atom stereocenters. The molecule has 1 amide bonds. The van der Waals surface area contributed by atoms with E-state index < -0.39 is 10.0 Å². The van der Waals surface area contributed by atoms with Crippen molar-refractivity contribution < 1.29 is 18.0 Å². The molecule has 1 saturated heterocycles. The van der Waals surface area contributed by atoms with Crippen molar-refractivity contribution in [3.8, 4) is 11.3 Å². The molecular weight excluding hydrogens is 553 g/mol. The van der Waals surface area contributed by atoms with Gasteiger partial charge in [-0.2, -0.15) is 0 Å². The molecule has 1 aliphatic carbocycles. The lowest BCUT2D eigenvalue weighted by atomic mass is 9.94. The number of piperidine rings is 1. The van der Waals surface area contributed by atoms with Gasteiger partial charge in [0.15, 0.2) is 5.13 Å². The first-order valence-corrected chi connectivity index (χ1v) is 15.1. The summed E-state index contributed by atoms with van der Waals surface area (Å²) in [5.74, 6) is -0.420. The topological polar surface area (TPSA) is 96.4 Å². The van der Waals surface area contributed by atoms with Gasteiger partial charge in [-0.1, -0.05) is 58.8 Å². The largest absolute Gasteiger partial charge is 0.302 e. The summed E-state index contributed by atoms with van der Waals surface area (Å²) in [6, 6.07) is 13.8. The van der Waals surface area contributed by atoms with Crippen LogP contribution in [0.3, 0.4) is 0 Å². The van der Waals surface area contributed by atoms with E-state index in [0.29, 0.717) is 62.8 Å². The number of nitrogens with one attached hydrogen (secondary N) is 1. The Morgan fingerprint density at radius 3 is 2.43 bits per heavy atom. The summed E-state index contributed by atoms with van der Waals surface area (Å²) < 4.78 is 26.5. The molecule has 11 heteroatoms. The summed E-state index contributed by atoms with van der Waals surface area (Å²) in [4.78, 5) is 31.2. The zero-order chi connectivity index (χ0) is 26.2. The van der Waals surface area contributed by atoms with Crippen LogP contribution in [0, 0.1) is 5.92 Å². The maximum Gasteiger partial charge on any atom is 0.226 e. The number of carbonyl (C=O) groups is 2. The van der Waals surface area contributed by atoms with Crippen molar-refractivity contribution >= 4 is 61.4 Å². The van der Waals surface area contributed by atoms with Gasteiger partial charge in [0.1, 0.15) is 4.88 Å². The summed E-state index contributed by atoms with van der Waals surface area (Å²) in [6.45, 7) is 0.896. The number of aromatic nitrogens is 1. The second-order valence-electron chi connectivity index (χ2n) is 9.36. The van der Waals surface area contributed by atoms with Crippen molar-refractivity contribution in [2.75, 3.05) is 18.4 Å². The lowest BCUT2D eigenvalue weighted by Crippen LogP contribution is -2.40. The van der Waals surface area contributed by atoms with Crippen molar-refractivity contribution in [1.29, 1.82) is 0 Å². The Balaban J connectivity index is 1.31. The molecule has 5 rings (SSSR count). The summed E-state index contributed by atoms with van der Waals surface area (Å²) in [7, 11) is -3.18. The summed E-state index contributed by atoms with van der Waals surface area (Å²) in [6.07, 6.45) is 3.03. The second kappa shape index (κ2) is 10.8. The third-order valence-corrected chi connectivity index (χ3v) is 10.6. The van der Waals surface area contributed by atoms with E-state index in [1.807, 2.05) is 0 Å². The minimum atomic E-state index is -3.18. The van der Waals surface area contributed by atoms with Gasteiger partial charge in [0.05, 0.1) is 16.0 Å². The van der Waals surface area contributed by atoms with Crippen molar-refractivity contribution in [2.45, 2.75) is 37.4 Å². The van der Waals surface area contributed by atoms with Gasteiger partial charge in [-0.15, -0.1) is 0 Å². The maximum absolute atomic E-state index is 13.4. The number of ketones is 1. The zero-order valence-corrected chi connectivity index (χ0v) is 23.0. The Morgan fingerprint density at radius 1 is 1.03 bits per heavy atom. The molecule has 0 atom stereocenters. The van der Waals surface area contributed by atoms with Crippen LogP contribution in [0.5, 0.6) is 0 Å². The monoisotopic (exact) mass is 577 g/mol. The first-order valence-electron chi connectivity index (χ1n) is 12.1. The Morgan fingerprint density at radius 2 is 1.76 bits per heavy atom. The highest BCUT2D eigenvalue weighted by Crippen LogP contribution is 2.36. The molecule has 37 heavy (non-hydrogen) atoms. The third-order valence-electron chi connectivity index (χ3n) is 6.65. The molecule has 3 aromatic rings. The molecule has 1 aromatic heterocycles. The van der Waals surface area contributed by atoms with Crippen LogP contribution < -0.4 is 5.32 Å². The first-order chi connectivity index (χ1) is 17.7. The van der Waals surface area contributed by atoms with Gasteiger partial charge in [0.25, 0.3) is 0 Å². The van der Waals surface area contributed by atoms with Crippen molar-refractivity contribution in [3.63, 3.8) is 0 Å². The number of thiazole rings is 1. The number of nitrogens with zero attached hydrogens (tertiary/aromatic N) is 2. The molecular formula is C26H25Cl2N3O4S2. The fourth-order valence-electron chi connectivity index (χ4n) is 4.50. The molecule has 2 aromatic carbocycles. The van der Waals surface area contributed by atoms with E-state index in [2.05, 4.69) is 10.3 Å². The molecule has 0 bridgehead atoms. The number of sulfonamides is 1. The fraction of sp³-hybridized carbons (Fsp3) is 0.346. The zero-order valence-electron chi connectivity index (χ0n) is 19.8. The number of benzene rings is 2. The normalized spacial score (nSPS) is 17.0. The summed E-state index contributed by atoms with van der Waals surface area (Å²) >= 11 is 13.6. The number of hydrogen-bond donors (Lipinski definition) is 1. The predicted octanol–water partition coefficient (Wildman–Crippen LogP) is 5.88. The summed E-state index contributed by atoms with van der Waals surface area (Å²) in [5, 5.41) is 3.77. The van der Waals surface area contributed by atoms with E-state index in [0.717, 1.165) is 24.2 Å². The number of anilines is 1. The third kappa shape index (κ3) is 5.91. The van der Waals surface area contributed by atoms with Crippen LogP contribution in [-0.2, 0) is 14.8 Å². The van der Waals surface area contributed by atoms with E-state index in [1.54, 1.807) is 52.8 Å². The first kappa shape index (κ1) is 26.3. The lowest BCUT2D eigenvalue weighted by Gasteiger charge is -2.30. The van der Waals surface area contributed by atoms with Crippen LogP contribution in [-0.4, -0.2) is 47.7 Å². The number of halogens is 2. The molecule has 2 heterocycles. The van der Waals surface area contributed by atoms with Gasteiger partial charge in [0, 0.05) is 35.7 Å². The van der Waals surface area contributed by atoms with E-state index in [4.69, 9.17) is 23.2 Å². The lowest BCUT2D eigenvalue weighted by molar-refractivity contribution is -0.117. The Bertz CT molecular complexity index is 1450. The maximum atomic E-state index is 13.4. The van der Waals surface area contributed by atoms with Gasteiger partial charge < -0.3 is 5.32 Å². The Hall–Kier alpha value is -2.30. The van der Waals surface area contributed by atoms with E-state index in [9.17, 15) is 18.0 Å². The van der Waals surface area contributed by atoms with Crippen LogP contribution in [0.15, 0.2) is 48.5 Å². The molecule has 2 aliphatic rings. The average Bonchev–Trinajstić information content (AvgIpc) is 3.66. The highest BCUT2D eigenvalue weighted by atomic mass is 35.5. The molecule has 1 N–H and O–H groups in total. The SMILES string of the molecule is O=C(CC1CCN(S(=O)(=O)C2CC2)CC1)Nc1nc(-c2cccc(Cl)c2)c(C(=O)c2ccccc2Cl)s1. The van der Waals surface area contributed by atoms with Gasteiger partial charge in [-0.3, -0.25) is 9.59 Å². The van der Waals surface area contributed by atoms with E-state index >= 15 is 0 Å². The molecule has 0 radical (unpaired) electrons. The van der Waals surface area contributed by atoms with Crippen molar-refractivity contribution in [1.82, 2.24) is 9.29 Å². The second-order valence-corrected chi connectivity index (χ2v) is 13.4. The average molecular weight is 579 g/mol. The van der Waals surface area contributed by atoms with Crippen LogP contribution in [0.25, 0.3) is 11.3 Å². The van der Waals surface area contributed by atoms with Crippen molar-refractivity contribution in [3.05, 3.63) is 69.0 Å². The molecule has 0 spiro atoms. The van der Waals surface area contributed by atoms with Gasteiger partial charge in [-0.05, 0) is 55.9 Å². The van der Waals surface area contributed by atoms with Crippen LogP contribution in [0.1, 0.15) is 47.3 Å². The Kier molecular flexibility index (Phi) is 7.70. The molecule has 7 nitrogen and oxygen atoms in total. The molecule has 1 saturated carbocycles. The minimum absolute atomic E-state index is 0.0854. The van der Waals surface area contributed by atoms with Gasteiger partial charge in [0.2, 0.25) is 21.7 Å². The molecule has 194 valence electrons. The standard InChI is InChI=1S/C26H25Cl2N3O4S2/c27-18-5-3-4-17(15-18)23-25(24(33)20-6-1-2-7-21(20)28)36-26(30-23)29-22(32)14-16-10-12-31(13-11-16)37(34,35)19-8-9-19/h1-7,15-16,19H,8-14H2,(H,29,30,32). The number of rotatable bonds is 8. The smallest absolute Gasteiger partial charge is 0.226 e. The predicted molar refractivity (Wildman–Crippen MR) is 147 cm³/mol. The number of carbonyl (C=O) groups excluding carboxylic acids is 2. The van der Waals surface area contributed by atoms with E-state index in [-0.39, 0.29) is 29.3 Å². The number of hydrogen-bond acceptors (Lipinski definition) is 6. The number of amides is 1. The van der Waals surface area contributed by atoms with E-state index in [1.165, 1.54) is 0 Å². The van der Waals surface area contributed by atoms with Crippen LogP contribution in [0.2, 0.25) is 10.0 Å². The van der Waals surface area contributed by atoms with Crippen LogP contribution >= 0.6 is 34.5 Å². The fourth-order valence-corrected chi connectivity index (χ4v) is 7.75. The quantitative estimate of drug-likeness (QED) is 0.337. The summed E-state index contributed by atoms with van der Waals surface area (Å²) in [5.41, 5.74) is 1.43. The van der Waals surface area contributed by atoms with Gasteiger partial charge >= 0.3 is 0 Å². The molecule has 1 aliphatic heterocycles. The molecule has 2 fully saturated rings. The minimum Gasteiger partial charge on any atom is -0.302 e. The highest BCUT2D eigenvalue weighted by molar-refractivity contribution is 7.90. The van der Waals surface area contributed by atoms with Crippen molar-refractivity contribution in [2.24, 2.45) is 5.92 Å². The van der Waals surface area contributed by atoms with Crippen LogP contribution in [0.4, 0.5) is 5.13 Å². The highest BCUT2D eigenvalue weighted by Gasteiger charge is 2.41.